The number of carbonyl (C=O) groups excluding carboxylic acids is 1. The minimum absolute atomic E-state index is 0.0715. The van der Waals surface area contributed by atoms with Gasteiger partial charge in [-0.15, -0.1) is 0 Å². The highest BCUT2D eigenvalue weighted by molar-refractivity contribution is 5.79. The molecule has 9 heteroatoms. The number of hydrogen-bond acceptors (Lipinski definition) is 6. The second-order valence-corrected chi connectivity index (χ2v) is 10.1. The number of nitrogens with zero attached hydrogens (tertiary/aromatic N) is 4. The van der Waals surface area contributed by atoms with Crippen LogP contribution in [0.2, 0.25) is 0 Å². The summed E-state index contributed by atoms with van der Waals surface area (Å²) in [6.07, 6.45) is 1.69. The summed E-state index contributed by atoms with van der Waals surface area (Å²) < 4.78 is 32.5. The van der Waals surface area contributed by atoms with E-state index >= 15 is 0 Å². The molecule has 2 aliphatic heterocycles. The third kappa shape index (κ3) is 5.48. The summed E-state index contributed by atoms with van der Waals surface area (Å²) in [6, 6.07) is 10.4. The Bertz CT molecular complexity index is 1090. The highest BCUT2D eigenvalue weighted by atomic mass is 19.1. The van der Waals surface area contributed by atoms with Crippen molar-refractivity contribution in [2.45, 2.75) is 25.0 Å². The lowest BCUT2D eigenvalue weighted by Gasteiger charge is -2.40. The molecule has 0 saturated carbocycles. The molecule has 1 atom stereocenters. The van der Waals surface area contributed by atoms with E-state index in [1.165, 1.54) is 28.9 Å². The molecular weight excluding hydrogens is 466 g/mol. The summed E-state index contributed by atoms with van der Waals surface area (Å²) in [4.78, 5) is 20.8. The predicted molar refractivity (Wildman–Crippen MR) is 133 cm³/mol. The Morgan fingerprint density at radius 1 is 1.11 bits per heavy atom. The molecule has 1 aliphatic carbocycles. The number of aryl methyl sites for hydroxylation is 1. The SMILES string of the molecule is CN(CCOc1ccc(F)cc1F)C1CCc2ccc(N3CCN(CC(=O)N4CC(O)C4)CC3)cc21. The number of amides is 1. The molecule has 0 radical (unpaired) electrons. The smallest absolute Gasteiger partial charge is 0.236 e. The van der Waals surface area contributed by atoms with Crippen LogP contribution >= 0.6 is 0 Å². The lowest BCUT2D eigenvalue weighted by molar-refractivity contribution is -0.142. The molecule has 2 saturated heterocycles. The average Bonchev–Trinajstić information content (AvgIpc) is 3.27. The van der Waals surface area contributed by atoms with Gasteiger partial charge in [-0.3, -0.25) is 14.6 Å². The molecule has 0 aromatic heterocycles. The number of ether oxygens (including phenoxy) is 1. The molecule has 0 spiro atoms. The van der Waals surface area contributed by atoms with Crippen molar-refractivity contribution in [1.29, 1.82) is 0 Å². The van der Waals surface area contributed by atoms with Crippen molar-refractivity contribution < 1.29 is 23.4 Å². The third-order valence-electron chi connectivity index (χ3n) is 7.61. The van der Waals surface area contributed by atoms with Crippen molar-refractivity contribution in [2.24, 2.45) is 0 Å². The Hall–Kier alpha value is -2.75. The Kier molecular flexibility index (Phi) is 7.41. The number of likely N-dealkylation sites (tertiary alicyclic amines) is 1. The van der Waals surface area contributed by atoms with E-state index in [9.17, 15) is 18.7 Å². The summed E-state index contributed by atoms with van der Waals surface area (Å²) in [6.45, 7) is 5.69. The van der Waals surface area contributed by atoms with Gasteiger partial charge in [0, 0.05) is 63.6 Å². The van der Waals surface area contributed by atoms with Crippen LogP contribution in [0, 0.1) is 11.6 Å². The zero-order chi connectivity index (χ0) is 25.2. The Morgan fingerprint density at radius 3 is 2.61 bits per heavy atom. The normalized spacial score (nSPS) is 20.5. The first kappa shape index (κ1) is 24.9. The number of aliphatic hydroxyl groups is 1. The highest BCUT2D eigenvalue weighted by Gasteiger charge is 2.31. The number of hydrogen-bond donors (Lipinski definition) is 1. The number of benzene rings is 2. The maximum absolute atomic E-state index is 13.8. The fourth-order valence-corrected chi connectivity index (χ4v) is 5.38. The number of piperazine rings is 1. The number of rotatable bonds is 8. The van der Waals surface area contributed by atoms with Crippen molar-refractivity contribution in [2.75, 3.05) is 70.9 Å². The average molecular weight is 501 g/mol. The quantitative estimate of drug-likeness (QED) is 0.601. The third-order valence-corrected chi connectivity index (χ3v) is 7.61. The number of carbonyl (C=O) groups is 1. The minimum atomic E-state index is -0.683. The van der Waals surface area contributed by atoms with E-state index in [1.807, 2.05) is 0 Å². The largest absolute Gasteiger partial charge is 0.489 e. The number of anilines is 1. The fourth-order valence-electron chi connectivity index (χ4n) is 5.38. The van der Waals surface area contributed by atoms with Crippen LogP contribution in [-0.4, -0.2) is 97.8 Å². The first-order chi connectivity index (χ1) is 17.4. The van der Waals surface area contributed by atoms with Crippen LogP contribution in [0.1, 0.15) is 23.6 Å². The molecule has 36 heavy (non-hydrogen) atoms. The van der Waals surface area contributed by atoms with Crippen LogP contribution in [0.4, 0.5) is 14.5 Å². The van der Waals surface area contributed by atoms with Crippen LogP contribution < -0.4 is 9.64 Å². The molecule has 2 heterocycles. The molecule has 2 aromatic rings. The number of β-amino-alcohol motifs (C(OH)–C–C–N with tert-alkyl or cyclic N) is 1. The first-order valence-corrected chi connectivity index (χ1v) is 12.7. The maximum atomic E-state index is 13.8. The van der Waals surface area contributed by atoms with E-state index in [0.717, 1.165) is 45.1 Å². The van der Waals surface area contributed by atoms with Gasteiger partial charge in [-0.2, -0.15) is 0 Å². The Balaban J connectivity index is 1.13. The molecule has 3 aliphatic rings. The van der Waals surface area contributed by atoms with E-state index in [4.69, 9.17) is 4.74 Å². The molecular formula is C27H34F2N4O3. The maximum Gasteiger partial charge on any atom is 0.236 e. The fraction of sp³-hybridized carbons (Fsp3) is 0.519. The molecule has 2 fully saturated rings. The van der Waals surface area contributed by atoms with E-state index < -0.39 is 11.6 Å². The van der Waals surface area contributed by atoms with Crippen molar-refractivity contribution in [1.82, 2.24) is 14.7 Å². The topological polar surface area (TPSA) is 59.5 Å². The van der Waals surface area contributed by atoms with Crippen molar-refractivity contribution in [3.05, 3.63) is 59.2 Å². The lowest BCUT2D eigenvalue weighted by Crippen LogP contribution is -2.57. The summed E-state index contributed by atoms with van der Waals surface area (Å²) in [5, 5.41) is 9.41. The van der Waals surface area contributed by atoms with Crippen LogP contribution in [0.15, 0.2) is 36.4 Å². The number of aliphatic hydroxyl groups excluding tert-OH is 1. The van der Waals surface area contributed by atoms with E-state index in [1.54, 1.807) is 4.90 Å². The van der Waals surface area contributed by atoms with Gasteiger partial charge in [0.1, 0.15) is 12.4 Å². The molecule has 7 nitrogen and oxygen atoms in total. The molecule has 1 N–H and O–H groups in total. The second-order valence-electron chi connectivity index (χ2n) is 10.1. The standard InChI is InChI=1S/C27H34F2N4O3/c1-30(12-13-36-26-7-4-20(28)14-24(26)29)25-6-3-19-2-5-21(15-23(19)25)32-10-8-31(9-11-32)18-27(35)33-16-22(34)17-33/h2,4-5,7,14-15,22,25,34H,3,6,8-13,16-18H2,1H3. The molecule has 1 unspecified atom stereocenters. The highest BCUT2D eigenvalue weighted by Crippen LogP contribution is 2.37. The summed E-state index contributed by atoms with van der Waals surface area (Å²) in [7, 11) is 2.06. The zero-order valence-corrected chi connectivity index (χ0v) is 20.7. The summed E-state index contributed by atoms with van der Waals surface area (Å²) in [5.41, 5.74) is 3.90. The van der Waals surface area contributed by atoms with Gasteiger partial charge in [-0.05, 0) is 55.3 Å². The molecule has 0 bridgehead atoms. The minimum Gasteiger partial charge on any atom is -0.489 e. The zero-order valence-electron chi connectivity index (χ0n) is 20.7. The van der Waals surface area contributed by atoms with Gasteiger partial charge in [0.05, 0.1) is 12.6 Å². The monoisotopic (exact) mass is 500 g/mol. The van der Waals surface area contributed by atoms with Gasteiger partial charge in [-0.25, -0.2) is 8.78 Å². The van der Waals surface area contributed by atoms with Gasteiger partial charge in [0.15, 0.2) is 11.6 Å². The van der Waals surface area contributed by atoms with Gasteiger partial charge < -0.3 is 19.6 Å². The van der Waals surface area contributed by atoms with E-state index in [-0.39, 0.29) is 23.8 Å². The van der Waals surface area contributed by atoms with Crippen molar-refractivity contribution in [3.63, 3.8) is 0 Å². The molecule has 194 valence electrons. The molecule has 5 rings (SSSR count). The first-order valence-electron chi connectivity index (χ1n) is 12.7. The lowest BCUT2D eigenvalue weighted by atomic mass is 10.1. The van der Waals surface area contributed by atoms with Crippen LogP contribution in [0.25, 0.3) is 0 Å². The number of halogens is 2. The van der Waals surface area contributed by atoms with E-state index in [0.29, 0.717) is 32.8 Å². The molecule has 2 aromatic carbocycles. The number of likely N-dealkylation sites (N-methyl/N-ethyl adjacent to an activating group) is 1. The Morgan fingerprint density at radius 2 is 1.89 bits per heavy atom. The summed E-state index contributed by atoms with van der Waals surface area (Å²) in [5.74, 6) is -1.12. The predicted octanol–water partition coefficient (Wildman–Crippen LogP) is 2.29. The van der Waals surface area contributed by atoms with Gasteiger partial charge in [-0.1, -0.05) is 6.07 Å². The molecule has 1 amide bonds. The van der Waals surface area contributed by atoms with Crippen LogP contribution in [0.5, 0.6) is 5.75 Å². The second kappa shape index (κ2) is 10.7. The van der Waals surface area contributed by atoms with Crippen molar-refractivity contribution >= 4 is 11.6 Å². The van der Waals surface area contributed by atoms with Crippen LogP contribution in [-0.2, 0) is 11.2 Å². The number of fused-ring (bicyclic) bond motifs is 1. The van der Waals surface area contributed by atoms with Crippen LogP contribution in [0.3, 0.4) is 0 Å². The van der Waals surface area contributed by atoms with Gasteiger partial charge in [0.25, 0.3) is 0 Å². The Labute approximate surface area is 210 Å². The summed E-state index contributed by atoms with van der Waals surface area (Å²) >= 11 is 0. The van der Waals surface area contributed by atoms with E-state index in [2.05, 4.69) is 39.9 Å². The van der Waals surface area contributed by atoms with Crippen molar-refractivity contribution in [3.8, 4) is 5.75 Å². The van der Waals surface area contributed by atoms with Gasteiger partial charge >= 0.3 is 0 Å². The van der Waals surface area contributed by atoms with Gasteiger partial charge in [0.2, 0.25) is 5.91 Å².